The first kappa shape index (κ1) is 13.9. The maximum Gasteiger partial charge on any atom is 0.250 e. The highest BCUT2D eigenvalue weighted by Gasteiger charge is 2.12. The van der Waals surface area contributed by atoms with Crippen molar-refractivity contribution < 1.29 is 4.79 Å². The molecule has 1 heterocycles. The molecule has 0 atom stereocenters. The maximum absolute atomic E-state index is 11.4. The predicted molar refractivity (Wildman–Crippen MR) is 79.3 cm³/mol. The summed E-state index contributed by atoms with van der Waals surface area (Å²) in [5.74, 6) is -0.498. The molecule has 0 aliphatic carbocycles. The first-order valence-electron chi connectivity index (χ1n) is 6.46. The highest BCUT2D eigenvalue weighted by atomic mass is 16.1. The molecule has 1 amide bonds. The van der Waals surface area contributed by atoms with Gasteiger partial charge < -0.3 is 16.8 Å². The van der Waals surface area contributed by atoms with Gasteiger partial charge in [-0.3, -0.25) is 9.48 Å². The number of carbonyl (C=O) groups excluding carboxylic acids is 1. The Hall–Kier alpha value is -2.50. The number of aromatic nitrogens is 2. The number of nitrogen functional groups attached to an aromatic ring is 1. The zero-order valence-corrected chi connectivity index (χ0v) is 11.7. The van der Waals surface area contributed by atoms with E-state index < -0.39 is 5.91 Å². The van der Waals surface area contributed by atoms with E-state index >= 15 is 0 Å². The Labute approximate surface area is 117 Å². The molecule has 0 unspecified atom stereocenters. The van der Waals surface area contributed by atoms with Crippen molar-refractivity contribution in [2.75, 3.05) is 11.1 Å². The number of rotatable bonds is 5. The number of benzene rings is 1. The summed E-state index contributed by atoms with van der Waals surface area (Å²) < 4.78 is 1.78. The summed E-state index contributed by atoms with van der Waals surface area (Å²) in [4.78, 5) is 11.4. The number of nitrogens with two attached hydrogens (primary N) is 2. The molecule has 2 aromatic rings. The van der Waals surface area contributed by atoms with Crippen LogP contribution in [0.5, 0.6) is 0 Å². The molecule has 6 nitrogen and oxygen atoms in total. The topological polar surface area (TPSA) is 99.0 Å². The first-order chi connectivity index (χ1) is 9.52. The molecule has 0 radical (unpaired) electrons. The first-order valence-corrected chi connectivity index (χ1v) is 6.46. The van der Waals surface area contributed by atoms with Crippen molar-refractivity contribution >= 4 is 17.3 Å². The number of hydrogen-bond donors (Lipinski definition) is 3. The second-order valence-corrected chi connectivity index (χ2v) is 4.62. The fraction of sp³-hybridized carbons (Fsp3) is 0.286. The van der Waals surface area contributed by atoms with Crippen molar-refractivity contribution in [2.45, 2.75) is 19.9 Å². The van der Waals surface area contributed by atoms with Gasteiger partial charge in [-0.2, -0.15) is 5.10 Å². The molecule has 2 rings (SSSR count). The Balaban J connectivity index is 2.24. The van der Waals surface area contributed by atoms with Crippen LogP contribution in [-0.4, -0.2) is 15.7 Å². The Morgan fingerprint density at radius 1 is 1.45 bits per heavy atom. The number of anilines is 2. The normalized spacial score (nSPS) is 10.5. The SMILES string of the molecule is CCc1nn(C)cc1CNc1c(N)cccc1C(N)=O. The lowest BCUT2D eigenvalue weighted by molar-refractivity contribution is 0.100. The van der Waals surface area contributed by atoms with Crippen LogP contribution < -0.4 is 16.8 Å². The second kappa shape index (κ2) is 5.64. The molecule has 0 aliphatic heterocycles. The minimum Gasteiger partial charge on any atom is -0.397 e. The Morgan fingerprint density at radius 3 is 2.85 bits per heavy atom. The summed E-state index contributed by atoms with van der Waals surface area (Å²) in [6.45, 7) is 2.60. The molecule has 106 valence electrons. The summed E-state index contributed by atoms with van der Waals surface area (Å²) >= 11 is 0. The number of hydrogen-bond acceptors (Lipinski definition) is 4. The molecule has 0 fully saturated rings. The zero-order valence-electron chi connectivity index (χ0n) is 11.7. The molecule has 0 aliphatic rings. The molecular formula is C14H19N5O. The summed E-state index contributed by atoms with van der Waals surface area (Å²) in [7, 11) is 1.88. The van der Waals surface area contributed by atoms with Crippen molar-refractivity contribution in [1.82, 2.24) is 9.78 Å². The van der Waals surface area contributed by atoms with Gasteiger partial charge in [-0.1, -0.05) is 13.0 Å². The molecule has 6 heteroatoms. The highest BCUT2D eigenvalue weighted by molar-refractivity contribution is 6.01. The van der Waals surface area contributed by atoms with Gasteiger partial charge in [0.15, 0.2) is 0 Å². The molecule has 0 bridgehead atoms. The van der Waals surface area contributed by atoms with E-state index in [1.807, 2.05) is 13.2 Å². The smallest absolute Gasteiger partial charge is 0.250 e. The molecule has 1 aromatic carbocycles. The van der Waals surface area contributed by atoms with Crippen LogP contribution in [0.15, 0.2) is 24.4 Å². The molecule has 0 spiro atoms. The van der Waals surface area contributed by atoms with E-state index in [4.69, 9.17) is 11.5 Å². The fourth-order valence-electron chi connectivity index (χ4n) is 2.19. The van der Waals surface area contributed by atoms with E-state index in [1.165, 1.54) is 0 Å². The van der Waals surface area contributed by atoms with E-state index in [2.05, 4.69) is 17.3 Å². The van der Waals surface area contributed by atoms with Crippen LogP contribution in [0.3, 0.4) is 0 Å². The van der Waals surface area contributed by atoms with Crippen molar-refractivity contribution in [3.05, 3.63) is 41.2 Å². The van der Waals surface area contributed by atoms with Gasteiger partial charge in [-0.05, 0) is 18.6 Å². The third-order valence-electron chi connectivity index (χ3n) is 3.14. The van der Waals surface area contributed by atoms with Crippen molar-refractivity contribution in [3.8, 4) is 0 Å². The molecule has 0 saturated heterocycles. The standard InChI is InChI=1S/C14H19N5O/c1-3-12-9(8-19(2)18-12)7-17-13-10(14(16)20)5-4-6-11(13)15/h4-6,8,17H,3,7,15H2,1-2H3,(H2,16,20). The van der Waals surface area contributed by atoms with Crippen LogP contribution in [0.1, 0.15) is 28.5 Å². The lowest BCUT2D eigenvalue weighted by atomic mass is 10.1. The number of nitrogens with zero attached hydrogens (tertiary/aromatic N) is 2. The number of para-hydroxylation sites is 1. The monoisotopic (exact) mass is 273 g/mol. The lowest BCUT2D eigenvalue weighted by Crippen LogP contribution is -2.15. The second-order valence-electron chi connectivity index (χ2n) is 4.62. The van der Waals surface area contributed by atoms with Gasteiger partial charge >= 0.3 is 0 Å². The number of carbonyl (C=O) groups is 1. The van der Waals surface area contributed by atoms with Gasteiger partial charge in [-0.15, -0.1) is 0 Å². The van der Waals surface area contributed by atoms with Crippen molar-refractivity contribution in [1.29, 1.82) is 0 Å². The highest BCUT2D eigenvalue weighted by Crippen LogP contribution is 2.24. The van der Waals surface area contributed by atoms with Crippen LogP contribution in [0.2, 0.25) is 0 Å². The van der Waals surface area contributed by atoms with E-state index in [1.54, 1.807) is 22.9 Å². The van der Waals surface area contributed by atoms with Crippen molar-refractivity contribution in [2.24, 2.45) is 12.8 Å². The van der Waals surface area contributed by atoms with Crippen LogP contribution in [-0.2, 0) is 20.0 Å². The summed E-state index contributed by atoms with van der Waals surface area (Å²) in [5.41, 5.74) is 14.8. The average Bonchev–Trinajstić information content (AvgIpc) is 2.77. The summed E-state index contributed by atoms with van der Waals surface area (Å²) in [6, 6.07) is 5.10. The number of nitrogens with one attached hydrogen (secondary N) is 1. The average molecular weight is 273 g/mol. The number of aryl methyl sites for hydroxylation is 2. The minimum atomic E-state index is -0.498. The summed E-state index contributed by atoms with van der Waals surface area (Å²) in [5, 5.41) is 7.56. The third-order valence-corrected chi connectivity index (χ3v) is 3.14. The lowest BCUT2D eigenvalue weighted by Gasteiger charge is -2.12. The van der Waals surface area contributed by atoms with Gasteiger partial charge in [0.2, 0.25) is 0 Å². The molecule has 20 heavy (non-hydrogen) atoms. The molecular weight excluding hydrogens is 254 g/mol. The Bertz CT molecular complexity index is 632. The number of primary amides is 1. The van der Waals surface area contributed by atoms with Gasteiger partial charge in [0.25, 0.3) is 5.91 Å². The fourth-order valence-corrected chi connectivity index (χ4v) is 2.19. The maximum atomic E-state index is 11.4. The van der Waals surface area contributed by atoms with Gasteiger partial charge in [0.05, 0.1) is 22.6 Å². The largest absolute Gasteiger partial charge is 0.397 e. The van der Waals surface area contributed by atoms with Gasteiger partial charge in [-0.25, -0.2) is 0 Å². The van der Waals surface area contributed by atoms with Crippen LogP contribution in [0, 0.1) is 0 Å². The zero-order chi connectivity index (χ0) is 14.7. The van der Waals surface area contributed by atoms with Crippen LogP contribution in [0.25, 0.3) is 0 Å². The molecule has 5 N–H and O–H groups in total. The van der Waals surface area contributed by atoms with E-state index in [0.717, 1.165) is 17.7 Å². The summed E-state index contributed by atoms with van der Waals surface area (Å²) in [6.07, 6.45) is 2.81. The minimum absolute atomic E-state index is 0.395. The molecule has 0 saturated carbocycles. The third kappa shape index (κ3) is 2.74. The van der Waals surface area contributed by atoms with E-state index in [9.17, 15) is 4.79 Å². The number of amides is 1. The Kier molecular flexibility index (Phi) is 3.93. The van der Waals surface area contributed by atoms with E-state index in [0.29, 0.717) is 23.5 Å². The van der Waals surface area contributed by atoms with Gasteiger partial charge in [0, 0.05) is 25.4 Å². The van der Waals surface area contributed by atoms with Gasteiger partial charge in [0.1, 0.15) is 0 Å². The molecule has 1 aromatic heterocycles. The van der Waals surface area contributed by atoms with Crippen LogP contribution >= 0.6 is 0 Å². The Morgan fingerprint density at radius 2 is 2.20 bits per heavy atom. The van der Waals surface area contributed by atoms with E-state index in [-0.39, 0.29) is 0 Å². The predicted octanol–water partition coefficient (Wildman–Crippen LogP) is 1.28. The quantitative estimate of drug-likeness (QED) is 0.714. The van der Waals surface area contributed by atoms with Crippen LogP contribution in [0.4, 0.5) is 11.4 Å². The van der Waals surface area contributed by atoms with Crippen molar-refractivity contribution in [3.63, 3.8) is 0 Å².